The minimum atomic E-state index is 0.311. The molecule has 2 N–H and O–H groups in total. The van der Waals surface area contributed by atoms with Gasteiger partial charge in [-0.25, -0.2) is 0 Å². The van der Waals surface area contributed by atoms with Gasteiger partial charge in [-0.1, -0.05) is 0 Å². The largest absolute Gasteiger partial charge is 0.396 e. The van der Waals surface area contributed by atoms with Crippen molar-refractivity contribution in [2.24, 2.45) is 5.92 Å². The standard InChI is InChI=1S/C8H17NOS/c1-9-8(7-2-3-7)6-11-5-4-10/h7-10H,2-6H2,1H3. The van der Waals surface area contributed by atoms with Crippen LogP contribution in [0.3, 0.4) is 0 Å². The number of aliphatic hydroxyl groups is 1. The molecule has 3 heteroatoms. The van der Waals surface area contributed by atoms with Gasteiger partial charge >= 0.3 is 0 Å². The van der Waals surface area contributed by atoms with Crippen LogP contribution in [0.25, 0.3) is 0 Å². The zero-order valence-corrected chi connectivity index (χ0v) is 7.86. The zero-order chi connectivity index (χ0) is 8.10. The minimum Gasteiger partial charge on any atom is -0.396 e. The summed E-state index contributed by atoms with van der Waals surface area (Å²) in [7, 11) is 2.03. The predicted octanol–water partition coefficient (Wildman–Crippen LogP) is 0.710. The molecular weight excluding hydrogens is 158 g/mol. The number of nitrogens with one attached hydrogen (secondary N) is 1. The molecule has 11 heavy (non-hydrogen) atoms. The monoisotopic (exact) mass is 175 g/mol. The minimum absolute atomic E-state index is 0.311. The van der Waals surface area contributed by atoms with Gasteiger partial charge in [-0.2, -0.15) is 11.8 Å². The summed E-state index contributed by atoms with van der Waals surface area (Å²) in [6.45, 7) is 0.311. The first kappa shape index (κ1) is 9.36. The average Bonchev–Trinajstić information content (AvgIpc) is 2.81. The van der Waals surface area contributed by atoms with Gasteiger partial charge in [0, 0.05) is 17.5 Å². The van der Waals surface area contributed by atoms with Gasteiger partial charge in [0.15, 0.2) is 0 Å². The molecule has 0 aromatic carbocycles. The Hall–Kier alpha value is 0.270. The maximum Gasteiger partial charge on any atom is 0.0521 e. The smallest absolute Gasteiger partial charge is 0.0521 e. The molecule has 0 aromatic rings. The van der Waals surface area contributed by atoms with Crippen LogP contribution in [-0.4, -0.2) is 36.3 Å². The van der Waals surface area contributed by atoms with E-state index in [1.165, 1.54) is 12.8 Å². The third-order valence-corrected chi connectivity index (χ3v) is 3.16. The number of hydrogen-bond acceptors (Lipinski definition) is 3. The lowest BCUT2D eigenvalue weighted by atomic mass is 10.2. The van der Waals surface area contributed by atoms with E-state index in [0.717, 1.165) is 17.4 Å². The SMILES string of the molecule is CNC(CSCCO)C1CC1. The first-order valence-corrected chi connectivity index (χ1v) is 5.40. The Kier molecular flexibility index (Phi) is 4.26. The highest BCUT2D eigenvalue weighted by Gasteiger charge is 2.29. The van der Waals surface area contributed by atoms with Gasteiger partial charge in [0.2, 0.25) is 0 Å². The second kappa shape index (κ2) is 5.01. The Balaban J connectivity index is 2.01. The van der Waals surface area contributed by atoms with Crippen molar-refractivity contribution >= 4 is 11.8 Å². The quantitative estimate of drug-likeness (QED) is 0.583. The number of rotatable bonds is 6. The fraction of sp³-hybridized carbons (Fsp3) is 1.00. The molecule has 66 valence electrons. The Morgan fingerprint density at radius 3 is 2.82 bits per heavy atom. The lowest BCUT2D eigenvalue weighted by Gasteiger charge is -2.13. The molecule has 1 aliphatic carbocycles. The van der Waals surface area contributed by atoms with E-state index in [2.05, 4.69) is 5.32 Å². The number of hydrogen-bond donors (Lipinski definition) is 2. The molecule has 1 rings (SSSR count). The van der Waals surface area contributed by atoms with Crippen LogP contribution < -0.4 is 5.32 Å². The van der Waals surface area contributed by atoms with Crippen LogP contribution in [0.4, 0.5) is 0 Å². The Labute approximate surface area is 72.8 Å². The highest BCUT2D eigenvalue weighted by Crippen LogP contribution is 2.33. The van der Waals surface area contributed by atoms with Crippen molar-refractivity contribution in [3.8, 4) is 0 Å². The molecule has 0 radical (unpaired) electrons. The number of aliphatic hydroxyl groups excluding tert-OH is 1. The lowest BCUT2D eigenvalue weighted by molar-refractivity contribution is 0.322. The predicted molar refractivity (Wildman–Crippen MR) is 50.0 cm³/mol. The fourth-order valence-electron chi connectivity index (χ4n) is 1.23. The normalized spacial score (nSPS) is 20.2. The molecule has 0 bridgehead atoms. The van der Waals surface area contributed by atoms with Crippen molar-refractivity contribution in [1.82, 2.24) is 5.32 Å². The summed E-state index contributed by atoms with van der Waals surface area (Å²) in [5.41, 5.74) is 0. The molecule has 0 aromatic heterocycles. The van der Waals surface area contributed by atoms with Crippen LogP contribution in [0.2, 0.25) is 0 Å². The van der Waals surface area contributed by atoms with Crippen molar-refractivity contribution in [1.29, 1.82) is 0 Å². The van der Waals surface area contributed by atoms with Crippen LogP contribution in [0.5, 0.6) is 0 Å². The Morgan fingerprint density at radius 2 is 2.36 bits per heavy atom. The molecule has 2 nitrogen and oxygen atoms in total. The van der Waals surface area contributed by atoms with Gasteiger partial charge in [-0.15, -0.1) is 0 Å². The first-order valence-electron chi connectivity index (χ1n) is 4.24. The van der Waals surface area contributed by atoms with Gasteiger partial charge < -0.3 is 10.4 Å². The van der Waals surface area contributed by atoms with Crippen molar-refractivity contribution in [2.75, 3.05) is 25.2 Å². The van der Waals surface area contributed by atoms with Crippen molar-refractivity contribution in [3.63, 3.8) is 0 Å². The maximum absolute atomic E-state index is 8.56. The summed E-state index contributed by atoms with van der Waals surface area (Å²) in [5, 5.41) is 11.9. The zero-order valence-electron chi connectivity index (χ0n) is 7.05. The molecule has 1 unspecified atom stereocenters. The molecule has 0 spiro atoms. The van der Waals surface area contributed by atoms with Gasteiger partial charge in [0.25, 0.3) is 0 Å². The molecule has 1 fully saturated rings. The fourth-order valence-corrected chi connectivity index (χ4v) is 2.22. The molecular formula is C8H17NOS. The highest BCUT2D eigenvalue weighted by atomic mass is 32.2. The van der Waals surface area contributed by atoms with E-state index in [1.54, 1.807) is 0 Å². The second-order valence-electron chi connectivity index (χ2n) is 3.03. The van der Waals surface area contributed by atoms with Crippen molar-refractivity contribution in [3.05, 3.63) is 0 Å². The Morgan fingerprint density at radius 1 is 1.64 bits per heavy atom. The van der Waals surface area contributed by atoms with Crippen molar-refractivity contribution in [2.45, 2.75) is 18.9 Å². The lowest BCUT2D eigenvalue weighted by Crippen LogP contribution is -2.30. The molecule has 0 heterocycles. The van der Waals surface area contributed by atoms with E-state index in [1.807, 2.05) is 18.8 Å². The second-order valence-corrected chi connectivity index (χ2v) is 4.18. The summed E-state index contributed by atoms with van der Waals surface area (Å²) in [4.78, 5) is 0. The number of thioether (sulfide) groups is 1. The van der Waals surface area contributed by atoms with Crippen LogP contribution >= 0.6 is 11.8 Å². The van der Waals surface area contributed by atoms with Crippen molar-refractivity contribution < 1.29 is 5.11 Å². The highest BCUT2D eigenvalue weighted by molar-refractivity contribution is 7.99. The molecule has 0 aliphatic heterocycles. The summed E-state index contributed by atoms with van der Waals surface area (Å²) >= 11 is 1.84. The molecule has 0 amide bonds. The van der Waals surface area contributed by atoms with Gasteiger partial charge in [0.1, 0.15) is 0 Å². The van der Waals surface area contributed by atoms with Crippen LogP contribution in [0, 0.1) is 5.92 Å². The van der Waals surface area contributed by atoms with Gasteiger partial charge in [-0.3, -0.25) is 0 Å². The van der Waals surface area contributed by atoms with E-state index in [0.29, 0.717) is 12.6 Å². The third kappa shape index (κ3) is 3.45. The van der Waals surface area contributed by atoms with Crippen LogP contribution in [-0.2, 0) is 0 Å². The summed E-state index contributed by atoms with van der Waals surface area (Å²) in [6.07, 6.45) is 2.79. The van der Waals surface area contributed by atoms with Crippen LogP contribution in [0.1, 0.15) is 12.8 Å². The average molecular weight is 175 g/mol. The first-order chi connectivity index (χ1) is 5.38. The van der Waals surface area contributed by atoms with E-state index in [4.69, 9.17) is 5.11 Å². The summed E-state index contributed by atoms with van der Waals surface area (Å²) < 4.78 is 0. The van der Waals surface area contributed by atoms with Gasteiger partial charge in [0.05, 0.1) is 6.61 Å². The van der Waals surface area contributed by atoms with E-state index in [9.17, 15) is 0 Å². The molecule has 1 saturated carbocycles. The van der Waals surface area contributed by atoms with E-state index in [-0.39, 0.29) is 0 Å². The topological polar surface area (TPSA) is 32.3 Å². The van der Waals surface area contributed by atoms with Gasteiger partial charge in [-0.05, 0) is 25.8 Å². The summed E-state index contributed by atoms with van der Waals surface area (Å²) in [6, 6.07) is 0.687. The molecule has 1 atom stereocenters. The maximum atomic E-state index is 8.56. The van der Waals surface area contributed by atoms with E-state index < -0.39 is 0 Å². The van der Waals surface area contributed by atoms with E-state index >= 15 is 0 Å². The molecule has 1 aliphatic rings. The van der Waals surface area contributed by atoms with Crippen LogP contribution in [0.15, 0.2) is 0 Å². The Bertz CT molecular complexity index is 106. The summed E-state index contributed by atoms with van der Waals surface area (Å²) in [5.74, 6) is 2.96. The third-order valence-electron chi connectivity index (χ3n) is 2.09. The molecule has 0 saturated heterocycles.